The van der Waals surface area contributed by atoms with E-state index < -0.39 is 0 Å². The second-order valence-corrected chi connectivity index (χ2v) is 5.29. The van der Waals surface area contributed by atoms with Gasteiger partial charge < -0.3 is 5.32 Å². The van der Waals surface area contributed by atoms with E-state index in [9.17, 15) is 0 Å². The Morgan fingerprint density at radius 3 is 2.74 bits per heavy atom. The van der Waals surface area contributed by atoms with Gasteiger partial charge in [0.15, 0.2) is 0 Å². The van der Waals surface area contributed by atoms with Crippen molar-refractivity contribution in [1.29, 1.82) is 0 Å². The summed E-state index contributed by atoms with van der Waals surface area (Å²) in [5.41, 5.74) is 2.94. The molecule has 0 aliphatic carbocycles. The summed E-state index contributed by atoms with van der Waals surface area (Å²) in [6.45, 7) is 0. The van der Waals surface area contributed by atoms with Gasteiger partial charge in [0.25, 0.3) is 0 Å². The molecule has 0 aliphatic heterocycles. The Hall–Kier alpha value is -1.52. The van der Waals surface area contributed by atoms with E-state index in [-0.39, 0.29) is 0 Å². The highest BCUT2D eigenvalue weighted by atomic mass is 79.9. The first-order valence-corrected chi connectivity index (χ1v) is 6.98. The minimum absolute atomic E-state index is 0.691. The zero-order chi connectivity index (χ0) is 13.4. The van der Waals surface area contributed by atoms with E-state index in [1.54, 1.807) is 0 Å². The van der Waals surface area contributed by atoms with Gasteiger partial charge in [-0.25, -0.2) is 4.98 Å². The van der Waals surface area contributed by atoms with Gasteiger partial charge in [-0.1, -0.05) is 23.7 Å². The van der Waals surface area contributed by atoms with Crippen LogP contribution in [0.5, 0.6) is 0 Å². The van der Waals surface area contributed by atoms with Crippen LogP contribution in [0, 0.1) is 0 Å². The number of fused-ring (bicyclic) bond motifs is 1. The molecule has 3 aromatic rings. The van der Waals surface area contributed by atoms with Crippen LogP contribution in [0.1, 0.15) is 0 Å². The van der Waals surface area contributed by atoms with Crippen molar-refractivity contribution in [3.8, 4) is 11.4 Å². The highest BCUT2D eigenvalue weighted by Gasteiger charge is 2.13. The SMILES string of the molecule is CNc1ccc2c(Br)nc(-c3ccccc3Cl)n2c1. The lowest BCUT2D eigenvalue weighted by Crippen LogP contribution is -1.94. The number of hydrogen-bond acceptors (Lipinski definition) is 2. The first-order chi connectivity index (χ1) is 9.20. The van der Waals surface area contributed by atoms with E-state index in [4.69, 9.17) is 11.6 Å². The molecule has 3 rings (SSSR count). The Morgan fingerprint density at radius 1 is 1.21 bits per heavy atom. The number of hydrogen-bond donors (Lipinski definition) is 1. The molecule has 19 heavy (non-hydrogen) atoms. The molecule has 2 aromatic heterocycles. The molecule has 96 valence electrons. The fourth-order valence-corrected chi connectivity index (χ4v) is 2.74. The van der Waals surface area contributed by atoms with Gasteiger partial charge >= 0.3 is 0 Å². The lowest BCUT2D eigenvalue weighted by atomic mass is 10.2. The van der Waals surface area contributed by atoms with Crippen molar-refractivity contribution in [2.24, 2.45) is 0 Å². The molecule has 0 amide bonds. The van der Waals surface area contributed by atoms with Crippen LogP contribution in [0.4, 0.5) is 5.69 Å². The van der Waals surface area contributed by atoms with Gasteiger partial charge in [0, 0.05) is 18.8 Å². The first-order valence-electron chi connectivity index (χ1n) is 5.81. The van der Waals surface area contributed by atoms with Crippen LogP contribution in [0.2, 0.25) is 5.02 Å². The van der Waals surface area contributed by atoms with E-state index in [0.29, 0.717) is 5.02 Å². The molecule has 1 aromatic carbocycles. The number of aromatic nitrogens is 2. The molecule has 0 saturated carbocycles. The smallest absolute Gasteiger partial charge is 0.147 e. The third kappa shape index (κ3) is 2.11. The number of anilines is 1. The fraction of sp³-hybridized carbons (Fsp3) is 0.0714. The van der Waals surface area contributed by atoms with Crippen LogP contribution < -0.4 is 5.32 Å². The topological polar surface area (TPSA) is 29.3 Å². The molecular weight excluding hydrogens is 326 g/mol. The maximum atomic E-state index is 6.26. The third-order valence-electron chi connectivity index (χ3n) is 3.00. The molecule has 0 radical (unpaired) electrons. The summed E-state index contributed by atoms with van der Waals surface area (Å²) in [4.78, 5) is 4.56. The van der Waals surface area contributed by atoms with Crippen molar-refractivity contribution in [2.75, 3.05) is 12.4 Å². The van der Waals surface area contributed by atoms with Crippen molar-refractivity contribution in [1.82, 2.24) is 9.38 Å². The van der Waals surface area contributed by atoms with Crippen molar-refractivity contribution < 1.29 is 0 Å². The molecule has 1 N–H and O–H groups in total. The number of rotatable bonds is 2. The average molecular weight is 337 g/mol. The van der Waals surface area contributed by atoms with Gasteiger partial charge in [-0.15, -0.1) is 0 Å². The van der Waals surface area contributed by atoms with Crippen LogP contribution in [0.25, 0.3) is 16.9 Å². The predicted molar refractivity (Wildman–Crippen MR) is 82.9 cm³/mol. The predicted octanol–water partition coefficient (Wildman–Crippen LogP) is 4.46. The summed E-state index contributed by atoms with van der Waals surface area (Å²) in [6.07, 6.45) is 2.01. The Kier molecular flexibility index (Phi) is 3.21. The van der Waals surface area contributed by atoms with Gasteiger partial charge in [0.2, 0.25) is 0 Å². The molecule has 0 atom stereocenters. The zero-order valence-corrected chi connectivity index (χ0v) is 12.5. The molecule has 3 nitrogen and oxygen atoms in total. The molecule has 5 heteroatoms. The summed E-state index contributed by atoms with van der Waals surface area (Å²) in [7, 11) is 1.89. The highest BCUT2D eigenvalue weighted by Crippen LogP contribution is 2.31. The minimum Gasteiger partial charge on any atom is -0.387 e. The number of nitrogens with zero attached hydrogens (tertiary/aromatic N) is 2. The monoisotopic (exact) mass is 335 g/mol. The molecule has 0 unspecified atom stereocenters. The van der Waals surface area contributed by atoms with Crippen molar-refractivity contribution in [3.63, 3.8) is 0 Å². The van der Waals surface area contributed by atoms with Crippen molar-refractivity contribution in [2.45, 2.75) is 0 Å². The second-order valence-electron chi connectivity index (χ2n) is 4.13. The lowest BCUT2D eigenvalue weighted by Gasteiger charge is -2.05. The quantitative estimate of drug-likeness (QED) is 0.748. The molecule has 2 heterocycles. The van der Waals surface area contributed by atoms with Crippen LogP contribution in [-0.4, -0.2) is 16.4 Å². The van der Waals surface area contributed by atoms with Crippen LogP contribution in [0.3, 0.4) is 0 Å². The Balaban J connectivity index is 2.32. The van der Waals surface area contributed by atoms with E-state index in [1.165, 1.54) is 0 Å². The lowest BCUT2D eigenvalue weighted by molar-refractivity contribution is 1.16. The van der Waals surface area contributed by atoms with Gasteiger partial charge in [0.05, 0.1) is 16.2 Å². The number of imidazole rings is 1. The summed E-state index contributed by atoms with van der Waals surface area (Å²) in [5, 5.41) is 3.82. The van der Waals surface area contributed by atoms with Gasteiger partial charge in [-0.2, -0.15) is 0 Å². The van der Waals surface area contributed by atoms with Crippen molar-refractivity contribution >= 4 is 38.7 Å². The van der Waals surface area contributed by atoms with E-state index in [0.717, 1.165) is 27.2 Å². The summed E-state index contributed by atoms with van der Waals surface area (Å²) in [5.74, 6) is 0.824. The fourth-order valence-electron chi connectivity index (χ4n) is 2.03. The molecule has 0 bridgehead atoms. The van der Waals surface area contributed by atoms with Crippen LogP contribution in [-0.2, 0) is 0 Å². The Bertz CT molecular complexity index is 752. The highest BCUT2D eigenvalue weighted by molar-refractivity contribution is 9.10. The molecular formula is C14H11BrClN3. The summed E-state index contributed by atoms with van der Waals surface area (Å²) in [6, 6.07) is 11.7. The number of nitrogens with one attached hydrogen (secondary N) is 1. The van der Waals surface area contributed by atoms with Crippen LogP contribution >= 0.6 is 27.5 Å². The average Bonchev–Trinajstić information content (AvgIpc) is 2.76. The Morgan fingerprint density at radius 2 is 2.00 bits per heavy atom. The van der Waals surface area contributed by atoms with Gasteiger partial charge in [0.1, 0.15) is 10.4 Å². The van der Waals surface area contributed by atoms with E-state index in [2.05, 4.69) is 26.2 Å². The molecule has 0 aliphatic rings. The molecule has 0 spiro atoms. The normalized spacial score (nSPS) is 10.9. The number of benzene rings is 1. The van der Waals surface area contributed by atoms with Gasteiger partial charge in [-0.05, 0) is 40.2 Å². The van der Waals surface area contributed by atoms with Crippen LogP contribution in [0.15, 0.2) is 47.2 Å². The third-order valence-corrected chi connectivity index (χ3v) is 3.91. The second kappa shape index (κ2) is 4.87. The van der Waals surface area contributed by atoms with Crippen molar-refractivity contribution in [3.05, 3.63) is 52.2 Å². The van der Waals surface area contributed by atoms with E-state index in [1.807, 2.05) is 54.0 Å². The van der Waals surface area contributed by atoms with E-state index >= 15 is 0 Å². The first kappa shape index (κ1) is 12.5. The largest absolute Gasteiger partial charge is 0.387 e. The molecule has 0 fully saturated rings. The minimum atomic E-state index is 0.691. The molecule has 0 saturated heterocycles. The number of halogens is 2. The van der Waals surface area contributed by atoms with Gasteiger partial charge in [-0.3, -0.25) is 4.40 Å². The summed E-state index contributed by atoms with van der Waals surface area (Å²) >= 11 is 9.75. The summed E-state index contributed by atoms with van der Waals surface area (Å²) < 4.78 is 2.84. The maximum Gasteiger partial charge on any atom is 0.147 e. The zero-order valence-electron chi connectivity index (χ0n) is 10.2. The maximum absolute atomic E-state index is 6.26. The standard InChI is InChI=1S/C14H11BrClN3/c1-17-9-6-7-12-13(15)18-14(19(12)8-9)10-4-2-3-5-11(10)16/h2-8,17H,1H3. The Labute approximate surface area is 124 Å². The number of pyridine rings is 1.